The molecule has 5 nitrogen and oxygen atoms in total. The zero-order chi connectivity index (χ0) is 15.6. The van der Waals surface area contributed by atoms with Crippen molar-refractivity contribution >= 4 is 44.6 Å². The highest BCUT2D eigenvalue weighted by atomic mass is 35.5. The van der Waals surface area contributed by atoms with Crippen LogP contribution < -0.4 is 4.72 Å². The van der Waals surface area contributed by atoms with Gasteiger partial charge in [0.25, 0.3) is 10.0 Å². The van der Waals surface area contributed by atoms with E-state index in [9.17, 15) is 13.2 Å². The molecular weight excluding hydrogens is 334 g/mol. The maximum absolute atomic E-state index is 12.3. The number of carboxylic acids is 1. The topological polar surface area (TPSA) is 83.5 Å². The average molecular weight is 346 g/mol. The Bertz CT molecular complexity index is 783. The summed E-state index contributed by atoms with van der Waals surface area (Å²) in [6.07, 6.45) is 0.745. The number of halogens is 1. The van der Waals surface area contributed by atoms with Gasteiger partial charge in [0.2, 0.25) is 0 Å². The summed E-state index contributed by atoms with van der Waals surface area (Å²) in [6, 6.07) is 7.10. The van der Waals surface area contributed by atoms with Crippen LogP contribution in [0.2, 0.25) is 5.02 Å². The first-order valence-electron chi connectivity index (χ1n) is 5.98. The molecular formula is C13H12ClNO4S2. The van der Waals surface area contributed by atoms with Gasteiger partial charge in [-0.2, -0.15) is 0 Å². The van der Waals surface area contributed by atoms with E-state index in [4.69, 9.17) is 16.7 Å². The van der Waals surface area contributed by atoms with Crippen molar-refractivity contribution in [1.29, 1.82) is 0 Å². The standard InChI is InChI=1S/C13H12ClNO4S2/c1-2-9-4-6-12(20-9)21(18,19)15-11-7-8(13(16)17)3-5-10(11)14/h3-7,15H,2H2,1H3,(H,16,17). The highest BCUT2D eigenvalue weighted by Gasteiger charge is 2.19. The third-order valence-corrected chi connectivity index (χ3v) is 6.12. The predicted molar refractivity (Wildman–Crippen MR) is 82.9 cm³/mol. The van der Waals surface area contributed by atoms with Gasteiger partial charge in [-0.15, -0.1) is 11.3 Å². The molecule has 1 heterocycles. The number of anilines is 1. The van der Waals surface area contributed by atoms with Crippen LogP contribution in [0.3, 0.4) is 0 Å². The molecule has 0 fully saturated rings. The van der Waals surface area contributed by atoms with Crippen LogP contribution in [0, 0.1) is 0 Å². The average Bonchev–Trinajstić information content (AvgIpc) is 2.90. The number of carbonyl (C=O) groups is 1. The van der Waals surface area contributed by atoms with E-state index >= 15 is 0 Å². The minimum atomic E-state index is -3.78. The molecule has 0 saturated heterocycles. The van der Waals surface area contributed by atoms with E-state index in [0.717, 1.165) is 11.3 Å². The van der Waals surface area contributed by atoms with E-state index in [2.05, 4.69) is 4.72 Å². The molecule has 0 spiro atoms. The molecule has 112 valence electrons. The number of hydrogen-bond acceptors (Lipinski definition) is 4. The van der Waals surface area contributed by atoms with Gasteiger partial charge < -0.3 is 5.11 Å². The zero-order valence-corrected chi connectivity index (χ0v) is 13.3. The van der Waals surface area contributed by atoms with Gasteiger partial charge in [-0.25, -0.2) is 13.2 Å². The summed E-state index contributed by atoms with van der Waals surface area (Å²) in [6.45, 7) is 1.93. The molecule has 1 aromatic carbocycles. The molecule has 8 heteroatoms. The second-order valence-corrected chi connectivity index (χ2v) is 7.66. The Morgan fingerprint density at radius 3 is 2.62 bits per heavy atom. The van der Waals surface area contributed by atoms with Gasteiger partial charge in [0.15, 0.2) is 0 Å². The van der Waals surface area contributed by atoms with Gasteiger partial charge in [-0.3, -0.25) is 4.72 Å². The van der Waals surface area contributed by atoms with Crippen LogP contribution in [0.4, 0.5) is 5.69 Å². The highest BCUT2D eigenvalue weighted by Crippen LogP contribution is 2.28. The summed E-state index contributed by atoms with van der Waals surface area (Å²) in [5.41, 5.74) is 0.000502. The molecule has 2 aromatic rings. The SMILES string of the molecule is CCc1ccc(S(=O)(=O)Nc2cc(C(=O)O)ccc2Cl)s1. The van der Waals surface area contributed by atoms with Gasteiger partial charge in [0, 0.05) is 4.88 Å². The predicted octanol–water partition coefficient (Wildman–Crippen LogP) is 3.46. The third-order valence-electron chi connectivity index (χ3n) is 2.71. The van der Waals surface area contributed by atoms with Crippen molar-refractivity contribution in [1.82, 2.24) is 0 Å². The molecule has 0 aliphatic rings. The summed E-state index contributed by atoms with van der Waals surface area (Å²) < 4.78 is 27.0. The number of rotatable bonds is 5. The number of sulfonamides is 1. The van der Waals surface area contributed by atoms with Crippen molar-refractivity contribution in [2.24, 2.45) is 0 Å². The summed E-state index contributed by atoms with van der Waals surface area (Å²) in [4.78, 5) is 11.9. The van der Waals surface area contributed by atoms with Gasteiger partial charge in [0.05, 0.1) is 16.3 Å². The number of aryl methyl sites for hydroxylation is 1. The Hall–Kier alpha value is -1.57. The van der Waals surface area contributed by atoms with Crippen LogP contribution >= 0.6 is 22.9 Å². The van der Waals surface area contributed by atoms with Gasteiger partial charge in [0.1, 0.15) is 4.21 Å². The number of aromatic carboxylic acids is 1. The van der Waals surface area contributed by atoms with Gasteiger partial charge in [-0.1, -0.05) is 18.5 Å². The minimum Gasteiger partial charge on any atom is -0.478 e. The number of benzene rings is 1. The Kier molecular flexibility index (Phi) is 4.55. The van der Waals surface area contributed by atoms with Crippen LogP contribution in [-0.4, -0.2) is 19.5 Å². The van der Waals surface area contributed by atoms with E-state index in [1.807, 2.05) is 6.92 Å². The number of thiophene rings is 1. The van der Waals surface area contributed by atoms with E-state index in [1.165, 1.54) is 35.6 Å². The monoisotopic (exact) mass is 345 g/mol. The van der Waals surface area contributed by atoms with Crippen molar-refractivity contribution in [3.05, 3.63) is 45.8 Å². The first-order valence-corrected chi connectivity index (χ1v) is 8.65. The first kappa shape index (κ1) is 15.8. The second kappa shape index (κ2) is 6.05. The van der Waals surface area contributed by atoms with E-state index in [0.29, 0.717) is 0 Å². The fourth-order valence-corrected chi connectivity index (χ4v) is 4.21. The largest absolute Gasteiger partial charge is 0.478 e. The molecule has 0 atom stereocenters. The van der Waals surface area contributed by atoms with Crippen LogP contribution in [0.15, 0.2) is 34.5 Å². The lowest BCUT2D eigenvalue weighted by Crippen LogP contribution is -2.12. The molecule has 1 aromatic heterocycles. The van der Waals surface area contributed by atoms with Gasteiger partial charge in [-0.05, 0) is 36.8 Å². The number of nitrogens with one attached hydrogen (secondary N) is 1. The maximum atomic E-state index is 12.3. The number of carboxylic acid groups (broad SMARTS) is 1. The molecule has 0 bridgehead atoms. The Balaban J connectivity index is 2.36. The smallest absolute Gasteiger partial charge is 0.335 e. The quantitative estimate of drug-likeness (QED) is 0.869. The van der Waals surface area contributed by atoms with Crippen molar-refractivity contribution in [3.8, 4) is 0 Å². The van der Waals surface area contributed by atoms with Crippen molar-refractivity contribution in [2.75, 3.05) is 4.72 Å². The lowest BCUT2D eigenvalue weighted by atomic mass is 10.2. The van der Waals surface area contributed by atoms with E-state index in [1.54, 1.807) is 6.07 Å². The third kappa shape index (κ3) is 3.55. The molecule has 2 N–H and O–H groups in total. The molecule has 0 aliphatic carbocycles. The fourth-order valence-electron chi connectivity index (χ4n) is 1.62. The highest BCUT2D eigenvalue weighted by molar-refractivity contribution is 7.94. The van der Waals surface area contributed by atoms with Crippen LogP contribution in [0.1, 0.15) is 22.2 Å². The fraction of sp³-hybridized carbons (Fsp3) is 0.154. The molecule has 0 radical (unpaired) electrons. The van der Waals surface area contributed by atoms with Crippen molar-refractivity contribution in [3.63, 3.8) is 0 Å². The maximum Gasteiger partial charge on any atom is 0.335 e. The van der Waals surface area contributed by atoms with Crippen LogP contribution in [0.25, 0.3) is 0 Å². The Morgan fingerprint density at radius 1 is 1.33 bits per heavy atom. The van der Waals surface area contributed by atoms with Crippen molar-refractivity contribution in [2.45, 2.75) is 17.6 Å². The Labute approximate surface area is 131 Å². The molecule has 0 aliphatic heterocycles. The van der Waals surface area contributed by atoms with E-state index < -0.39 is 16.0 Å². The Morgan fingerprint density at radius 2 is 2.05 bits per heavy atom. The summed E-state index contributed by atoms with van der Waals surface area (Å²) in [5, 5.41) is 9.07. The van der Waals surface area contributed by atoms with Crippen molar-refractivity contribution < 1.29 is 18.3 Å². The molecule has 0 unspecified atom stereocenters. The molecule has 0 saturated carbocycles. The number of hydrogen-bond donors (Lipinski definition) is 2. The molecule has 0 amide bonds. The lowest BCUT2D eigenvalue weighted by molar-refractivity contribution is 0.0697. The summed E-state index contributed by atoms with van der Waals surface area (Å²) in [7, 11) is -3.78. The summed E-state index contributed by atoms with van der Waals surface area (Å²) in [5.74, 6) is -1.16. The molecule has 21 heavy (non-hydrogen) atoms. The van der Waals surface area contributed by atoms with E-state index in [-0.39, 0.29) is 20.5 Å². The van der Waals surface area contributed by atoms with Gasteiger partial charge >= 0.3 is 5.97 Å². The molecule has 2 rings (SSSR count). The normalized spacial score (nSPS) is 11.3. The second-order valence-electron chi connectivity index (χ2n) is 4.18. The van der Waals surface area contributed by atoms with Crippen LogP contribution in [-0.2, 0) is 16.4 Å². The van der Waals surface area contributed by atoms with Crippen LogP contribution in [0.5, 0.6) is 0 Å². The first-order chi connectivity index (χ1) is 9.83. The summed E-state index contributed by atoms with van der Waals surface area (Å²) >= 11 is 7.08. The zero-order valence-electron chi connectivity index (χ0n) is 11.0. The lowest BCUT2D eigenvalue weighted by Gasteiger charge is -2.09. The minimum absolute atomic E-state index is 0.0440.